The van der Waals surface area contributed by atoms with Gasteiger partial charge in [0.15, 0.2) is 0 Å². The normalized spacial score (nSPS) is 16.1. The van der Waals surface area contributed by atoms with Crippen LogP contribution in [0.25, 0.3) is 0 Å². The molecule has 0 heterocycles. The van der Waals surface area contributed by atoms with Crippen LogP contribution in [0.1, 0.15) is 41.0 Å². The molecule has 0 aromatic rings. The van der Waals surface area contributed by atoms with Gasteiger partial charge in [-0.25, -0.2) is 0 Å². The van der Waals surface area contributed by atoms with Gasteiger partial charge in [0.25, 0.3) is 0 Å². The predicted molar refractivity (Wildman–Crippen MR) is 110 cm³/mol. The van der Waals surface area contributed by atoms with Crippen molar-refractivity contribution in [2.75, 3.05) is 19.4 Å². The monoisotopic (exact) mass is 429 g/mol. The average Bonchev–Trinajstić information content (AvgIpc) is 2.60. The Hall–Kier alpha value is -1.87. The fraction of sp³-hybridized carbons (Fsp3) is 0.700. The van der Waals surface area contributed by atoms with Crippen molar-refractivity contribution in [1.29, 1.82) is 0 Å². The number of carbonyl (C=O) groups excluding carboxylic acids is 6. The Morgan fingerprint density at radius 1 is 0.793 bits per heavy atom. The summed E-state index contributed by atoms with van der Waals surface area (Å²) >= 11 is 4.07. The molecule has 4 unspecified atom stereocenters. The zero-order valence-electron chi connectivity index (χ0n) is 17.8. The van der Waals surface area contributed by atoms with Gasteiger partial charge in [-0.2, -0.15) is 12.6 Å². The molecule has 0 aromatic heterocycles. The first kappa shape index (κ1) is 27.1. The van der Waals surface area contributed by atoms with Gasteiger partial charge in [0, 0.05) is 42.4 Å². The van der Waals surface area contributed by atoms with Crippen molar-refractivity contribution in [2.45, 2.75) is 47.1 Å². The van der Waals surface area contributed by atoms with E-state index in [9.17, 15) is 28.8 Å². The summed E-state index contributed by atoms with van der Waals surface area (Å²) in [7, 11) is 1.21. The Balaban J connectivity index is 6.07. The molecule has 0 saturated carbocycles. The van der Waals surface area contributed by atoms with E-state index >= 15 is 0 Å². The molecule has 0 bridgehead atoms. The van der Waals surface area contributed by atoms with Gasteiger partial charge in [-0.15, -0.1) is 0 Å². The molecule has 0 amide bonds. The standard InChI is InChI=1S/C20H31NO7S/c1-10(22)7-15(11(2)23)18(13(4)25)19(14(5)26)16(12(3)24)8-21-17(9-29)20(27)28-6/h15-19,21,29H,7-9H2,1-6H3/t15?,16?,17-,18?,19?/m0/s1. The second-order valence-electron chi connectivity index (χ2n) is 7.28. The Kier molecular flexibility index (Phi) is 11.8. The molecule has 0 saturated heterocycles. The van der Waals surface area contributed by atoms with Crippen molar-refractivity contribution in [2.24, 2.45) is 23.7 Å². The van der Waals surface area contributed by atoms with Crippen LogP contribution in [-0.2, 0) is 33.5 Å². The highest BCUT2D eigenvalue weighted by Crippen LogP contribution is 2.33. The van der Waals surface area contributed by atoms with E-state index in [2.05, 4.69) is 22.7 Å². The quantitative estimate of drug-likeness (QED) is 0.308. The third-order valence-corrected chi connectivity index (χ3v) is 5.36. The fourth-order valence-corrected chi connectivity index (χ4v) is 3.84. The Morgan fingerprint density at radius 3 is 1.55 bits per heavy atom. The number of ether oxygens (including phenoxy) is 1. The van der Waals surface area contributed by atoms with E-state index in [1.807, 2.05) is 0 Å². The van der Waals surface area contributed by atoms with Crippen LogP contribution in [0, 0.1) is 23.7 Å². The minimum Gasteiger partial charge on any atom is -0.468 e. The van der Waals surface area contributed by atoms with Gasteiger partial charge in [-0.1, -0.05) is 0 Å². The lowest BCUT2D eigenvalue weighted by Gasteiger charge is -2.34. The van der Waals surface area contributed by atoms with Gasteiger partial charge in [0.05, 0.1) is 7.11 Å². The van der Waals surface area contributed by atoms with Crippen molar-refractivity contribution in [3.63, 3.8) is 0 Å². The van der Waals surface area contributed by atoms with Gasteiger partial charge < -0.3 is 14.8 Å². The molecule has 0 radical (unpaired) electrons. The average molecular weight is 430 g/mol. The maximum absolute atomic E-state index is 12.5. The van der Waals surface area contributed by atoms with E-state index in [1.165, 1.54) is 41.7 Å². The van der Waals surface area contributed by atoms with E-state index in [4.69, 9.17) is 0 Å². The van der Waals surface area contributed by atoms with Crippen molar-refractivity contribution in [1.82, 2.24) is 5.32 Å². The number of esters is 1. The summed E-state index contributed by atoms with van der Waals surface area (Å²) in [4.78, 5) is 73.0. The number of Topliss-reactive ketones (excluding diaryl/α,β-unsaturated/α-hetero) is 5. The van der Waals surface area contributed by atoms with Crippen molar-refractivity contribution in [3.05, 3.63) is 0 Å². The molecule has 0 aromatic carbocycles. The van der Waals surface area contributed by atoms with E-state index in [0.717, 1.165) is 0 Å². The van der Waals surface area contributed by atoms with Crippen LogP contribution in [0.15, 0.2) is 0 Å². The number of rotatable bonds is 14. The molecule has 5 atom stereocenters. The second kappa shape index (κ2) is 12.6. The van der Waals surface area contributed by atoms with Crippen LogP contribution in [0.5, 0.6) is 0 Å². The Bertz CT molecular complexity index is 661. The van der Waals surface area contributed by atoms with Gasteiger partial charge in [-0.3, -0.25) is 24.0 Å². The van der Waals surface area contributed by atoms with Crippen molar-refractivity contribution >= 4 is 47.5 Å². The minimum atomic E-state index is -1.11. The van der Waals surface area contributed by atoms with Crippen LogP contribution >= 0.6 is 12.6 Å². The molecule has 0 rings (SSSR count). The molecule has 9 heteroatoms. The molecule has 0 aliphatic rings. The predicted octanol–water partition coefficient (Wildman–Crippen LogP) is 0.847. The summed E-state index contributed by atoms with van der Waals surface area (Å²) < 4.78 is 4.66. The van der Waals surface area contributed by atoms with Gasteiger partial charge in [0.2, 0.25) is 0 Å². The summed E-state index contributed by atoms with van der Waals surface area (Å²) in [6, 6.07) is -0.811. The number of hydrogen-bond acceptors (Lipinski definition) is 9. The van der Waals surface area contributed by atoms with E-state index in [-0.39, 0.29) is 30.3 Å². The molecule has 0 fully saturated rings. The lowest BCUT2D eigenvalue weighted by molar-refractivity contribution is -0.144. The maximum atomic E-state index is 12.5. The highest BCUT2D eigenvalue weighted by molar-refractivity contribution is 7.80. The maximum Gasteiger partial charge on any atom is 0.323 e. The first-order valence-corrected chi connectivity index (χ1v) is 9.95. The summed E-state index contributed by atoms with van der Waals surface area (Å²) in [6.07, 6.45) is -0.192. The number of ketones is 5. The molecular formula is C20H31NO7S. The summed E-state index contributed by atoms with van der Waals surface area (Å²) in [5, 5.41) is 2.85. The molecule has 164 valence electrons. The molecule has 1 N–H and O–H groups in total. The highest BCUT2D eigenvalue weighted by atomic mass is 32.1. The number of methoxy groups -OCH3 is 1. The van der Waals surface area contributed by atoms with Crippen LogP contribution < -0.4 is 5.32 Å². The smallest absolute Gasteiger partial charge is 0.323 e. The molecule has 8 nitrogen and oxygen atoms in total. The topological polar surface area (TPSA) is 124 Å². The summed E-state index contributed by atoms with van der Waals surface area (Å²) in [6.45, 7) is 6.24. The second-order valence-corrected chi connectivity index (χ2v) is 7.65. The fourth-order valence-electron chi connectivity index (χ4n) is 3.56. The number of thiol groups is 1. The van der Waals surface area contributed by atoms with Crippen LogP contribution in [0.3, 0.4) is 0 Å². The van der Waals surface area contributed by atoms with Crippen LogP contribution in [-0.4, -0.2) is 60.3 Å². The van der Waals surface area contributed by atoms with Gasteiger partial charge >= 0.3 is 5.97 Å². The highest BCUT2D eigenvalue weighted by Gasteiger charge is 2.44. The molecule has 0 aliphatic heterocycles. The van der Waals surface area contributed by atoms with Crippen molar-refractivity contribution in [3.8, 4) is 0 Å². The molecular weight excluding hydrogens is 398 g/mol. The van der Waals surface area contributed by atoms with Crippen molar-refractivity contribution < 1.29 is 33.5 Å². The number of nitrogens with one attached hydrogen (secondary N) is 1. The molecule has 0 aliphatic carbocycles. The van der Waals surface area contributed by atoms with E-state index < -0.39 is 53.0 Å². The Morgan fingerprint density at radius 2 is 1.24 bits per heavy atom. The minimum absolute atomic E-state index is 0.0889. The van der Waals surface area contributed by atoms with Gasteiger partial charge in [0.1, 0.15) is 35.0 Å². The van der Waals surface area contributed by atoms with Crippen LogP contribution in [0.2, 0.25) is 0 Å². The SMILES string of the molecule is COC(=O)[C@H](CS)NCC(C(C)=O)C(C(C)=O)C(C(C)=O)C(CC(C)=O)C(C)=O. The first-order valence-electron chi connectivity index (χ1n) is 9.32. The largest absolute Gasteiger partial charge is 0.468 e. The van der Waals surface area contributed by atoms with E-state index in [1.54, 1.807) is 0 Å². The van der Waals surface area contributed by atoms with Gasteiger partial charge in [-0.05, 0) is 34.6 Å². The molecule has 0 spiro atoms. The zero-order chi connectivity index (χ0) is 22.9. The van der Waals surface area contributed by atoms with E-state index in [0.29, 0.717) is 0 Å². The number of hydrogen-bond donors (Lipinski definition) is 2. The third-order valence-electron chi connectivity index (χ3n) is 5.00. The third kappa shape index (κ3) is 8.18. The lowest BCUT2D eigenvalue weighted by atomic mass is 9.68. The zero-order valence-corrected chi connectivity index (χ0v) is 18.7. The summed E-state index contributed by atoms with van der Waals surface area (Å²) in [5.74, 6) is -6.63. The number of carbonyl (C=O) groups is 6. The lowest BCUT2D eigenvalue weighted by Crippen LogP contribution is -2.49. The van der Waals surface area contributed by atoms with Crippen LogP contribution in [0.4, 0.5) is 0 Å². The Labute approximate surface area is 176 Å². The first-order chi connectivity index (χ1) is 13.4. The summed E-state index contributed by atoms with van der Waals surface area (Å²) in [5.41, 5.74) is 0. The molecule has 29 heavy (non-hydrogen) atoms.